The fourth-order valence-corrected chi connectivity index (χ4v) is 2.31. The molecule has 3 heteroatoms. The maximum atomic E-state index is 6.22. The Balaban J connectivity index is 2.31. The summed E-state index contributed by atoms with van der Waals surface area (Å²) in [6, 6.07) is 0. The first kappa shape index (κ1) is 9.25. The monoisotopic (exact) mass is 198 g/mol. The number of hydrogen-bond acceptors (Lipinski definition) is 2. The van der Waals surface area contributed by atoms with Crippen molar-refractivity contribution in [3.63, 3.8) is 0 Å². The average Bonchev–Trinajstić information content (AvgIpc) is 2.06. The molecule has 0 saturated heterocycles. The van der Waals surface area contributed by atoms with Crippen LogP contribution in [0.25, 0.3) is 0 Å². The summed E-state index contributed by atoms with van der Waals surface area (Å²) in [5.41, 5.74) is 2.78. The van der Waals surface area contributed by atoms with Crippen LogP contribution < -0.4 is 0 Å². The smallest absolute Gasteiger partial charge is 0.0369 e. The summed E-state index contributed by atoms with van der Waals surface area (Å²) in [5, 5.41) is 1.02. The van der Waals surface area contributed by atoms with E-state index < -0.39 is 0 Å². The number of halogens is 1. The van der Waals surface area contributed by atoms with Crippen molar-refractivity contribution in [2.45, 2.75) is 0 Å². The van der Waals surface area contributed by atoms with E-state index in [-0.39, 0.29) is 0 Å². The van der Waals surface area contributed by atoms with Gasteiger partial charge in [-0.2, -0.15) is 0 Å². The summed E-state index contributed by atoms with van der Waals surface area (Å²) in [4.78, 5) is 4.54. The van der Waals surface area contributed by atoms with Gasteiger partial charge in [-0.15, -0.1) is 0 Å². The Bertz CT molecular complexity index is 281. The predicted molar refractivity (Wildman–Crippen MR) is 56.0 cm³/mol. The molecule has 0 bridgehead atoms. The molecule has 2 aliphatic heterocycles. The summed E-state index contributed by atoms with van der Waals surface area (Å²) in [7, 11) is 4.24. The number of hydrogen-bond donors (Lipinski definition) is 0. The van der Waals surface area contributed by atoms with Crippen LogP contribution in [-0.2, 0) is 0 Å². The van der Waals surface area contributed by atoms with E-state index in [0.717, 1.165) is 31.2 Å². The van der Waals surface area contributed by atoms with Gasteiger partial charge in [-0.3, -0.25) is 9.80 Å². The molecule has 0 N–H and O–H groups in total. The molecule has 0 aliphatic carbocycles. The van der Waals surface area contributed by atoms with Crippen LogP contribution in [0.4, 0.5) is 0 Å². The second-order valence-electron chi connectivity index (χ2n) is 3.98. The first-order chi connectivity index (χ1) is 6.16. The molecule has 0 amide bonds. The van der Waals surface area contributed by atoms with Gasteiger partial charge in [0.1, 0.15) is 0 Å². The third-order valence-corrected chi connectivity index (χ3v) is 2.99. The highest BCUT2D eigenvalue weighted by atomic mass is 35.5. The van der Waals surface area contributed by atoms with Crippen LogP contribution in [-0.4, -0.2) is 50.1 Å². The zero-order valence-electron chi connectivity index (χ0n) is 8.18. The molecule has 2 rings (SSSR count). The van der Waals surface area contributed by atoms with Crippen molar-refractivity contribution in [2.75, 3.05) is 40.3 Å². The molecule has 2 heterocycles. The largest absolute Gasteiger partial charge is 0.298 e. The molecule has 0 atom stereocenters. The lowest BCUT2D eigenvalue weighted by Gasteiger charge is -2.33. The van der Waals surface area contributed by atoms with Crippen LogP contribution in [0.5, 0.6) is 0 Å². The van der Waals surface area contributed by atoms with Crippen molar-refractivity contribution in [2.24, 2.45) is 0 Å². The van der Waals surface area contributed by atoms with Crippen molar-refractivity contribution in [3.05, 3.63) is 22.3 Å². The Morgan fingerprint density at radius 2 is 1.92 bits per heavy atom. The molecule has 2 aliphatic rings. The van der Waals surface area contributed by atoms with Gasteiger partial charge in [-0.1, -0.05) is 17.7 Å². The van der Waals surface area contributed by atoms with Crippen LogP contribution in [0.1, 0.15) is 0 Å². The molecule has 2 nitrogen and oxygen atoms in total. The van der Waals surface area contributed by atoms with E-state index in [0.29, 0.717) is 0 Å². The second-order valence-corrected chi connectivity index (χ2v) is 4.44. The maximum Gasteiger partial charge on any atom is 0.0369 e. The third-order valence-electron chi connectivity index (χ3n) is 2.64. The molecule has 0 radical (unpaired) electrons. The molecule has 0 spiro atoms. The molecule has 0 unspecified atom stereocenters. The van der Waals surface area contributed by atoms with Gasteiger partial charge in [0.05, 0.1) is 0 Å². The lowest BCUT2D eigenvalue weighted by Crippen LogP contribution is -2.35. The third kappa shape index (κ3) is 1.80. The van der Waals surface area contributed by atoms with Gasteiger partial charge in [-0.05, 0) is 25.2 Å². The van der Waals surface area contributed by atoms with E-state index >= 15 is 0 Å². The van der Waals surface area contributed by atoms with Crippen LogP contribution in [0, 0.1) is 0 Å². The minimum atomic E-state index is 0.905. The molecular formula is C10H15ClN2. The Kier molecular flexibility index (Phi) is 2.45. The van der Waals surface area contributed by atoms with E-state index in [9.17, 15) is 0 Å². The highest BCUT2D eigenvalue weighted by Gasteiger charge is 2.22. The van der Waals surface area contributed by atoms with Gasteiger partial charge >= 0.3 is 0 Å². The van der Waals surface area contributed by atoms with Gasteiger partial charge in [0.15, 0.2) is 0 Å². The van der Waals surface area contributed by atoms with Gasteiger partial charge in [0.25, 0.3) is 0 Å². The first-order valence-electron chi connectivity index (χ1n) is 4.61. The Labute approximate surface area is 84.5 Å². The number of rotatable bonds is 0. The lowest BCUT2D eigenvalue weighted by atomic mass is 9.98. The molecule has 0 aromatic heterocycles. The van der Waals surface area contributed by atoms with Crippen LogP contribution in [0.15, 0.2) is 22.3 Å². The Hall–Kier alpha value is -0.310. The quantitative estimate of drug-likeness (QED) is 0.579. The molecule has 72 valence electrons. The zero-order chi connectivity index (χ0) is 9.42. The van der Waals surface area contributed by atoms with Gasteiger partial charge in [0, 0.05) is 31.2 Å². The van der Waals surface area contributed by atoms with Crippen LogP contribution in [0.2, 0.25) is 0 Å². The molecule has 0 aromatic carbocycles. The topological polar surface area (TPSA) is 6.48 Å². The summed E-state index contributed by atoms with van der Waals surface area (Å²) in [5.74, 6) is 0. The van der Waals surface area contributed by atoms with E-state index in [1.54, 1.807) is 0 Å². The summed E-state index contributed by atoms with van der Waals surface area (Å²) in [6.45, 7) is 4.02. The minimum absolute atomic E-state index is 0.905. The fourth-order valence-electron chi connectivity index (χ4n) is 1.92. The van der Waals surface area contributed by atoms with Gasteiger partial charge in [-0.25, -0.2) is 0 Å². The first-order valence-corrected chi connectivity index (χ1v) is 4.98. The molecule has 0 saturated carbocycles. The molecular weight excluding hydrogens is 184 g/mol. The number of nitrogens with zero attached hydrogens (tertiary/aromatic N) is 2. The SMILES string of the molecule is CN1CC2=CCN(C)CC2=C(Cl)C1. The van der Waals surface area contributed by atoms with Crippen molar-refractivity contribution in [3.8, 4) is 0 Å². The molecule has 0 fully saturated rings. The predicted octanol–water partition coefficient (Wildman–Crippen LogP) is 1.30. The van der Waals surface area contributed by atoms with Crippen molar-refractivity contribution in [1.29, 1.82) is 0 Å². The Morgan fingerprint density at radius 3 is 2.69 bits per heavy atom. The summed E-state index contributed by atoms with van der Waals surface area (Å²) in [6.07, 6.45) is 2.29. The highest BCUT2D eigenvalue weighted by molar-refractivity contribution is 6.30. The van der Waals surface area contributed by atoms with Gasteiger partial charge in [0.2, 0.25) is 0 Å². The fraction of sp³-hybridized carbons (Fsp3) is 0.600. The average molecular weight is 199 g/mol. The number of likely N-dealkylation sites (N-methyl/N-ethyl adjacent to an activating group) is 2. The molecule has 0 aromatic rings. The number of fused-ring (bicyclic) bond motifs is 1. The molecule has 13 heavy (non-hydrogen) atoms. The lowest BCUT2D eigenvalue weighted by molar-refractivity contribution is 0.349. The highest BCUT2D eigenvalue weighted by Crippen LogP contribution is 2.27. The van der Waals surface area contributed by atoms with Crippen molar-refractivity contribution < 1.29 is 0 Å². The standard InChI is InChI=1S/C10H15ClN2/c1-12-4-3-8-5-13(2)7-10(11)9(8)6-12/h3H,4-7H2,1-2H3. The van der Waals surface area contributed by atoms with Gasteiger partial charge < -0.3 is 0 Å². The second kappa shape index (κ2) is 3.45. The minimum Gasteiger partial charge on any atom is -0.298 e. The summed E-state index contributed by atoms with van der Waals surface area (Å²) < 4.78 is 0. The van der Waals surface area contributed by atoms with E-state index in [1.165, 1.54) is 11.1 Å². The maximum absolute atomic E-state index is 6.22. The Morgan fingerprint density at radius 1 is 1.15 bits per heavy atom. The zero-order valence-corrected chi connectivity index (χ0v) is 8.93. The van der Waals surface area contributed by atoms with Crippen molar-refractivity contribution in [1.82, 2.24) is 9.80 Å². The van der Waals surface area contributed by atoms with E-state index in [4.69, 9.17) is 11.6 Å². The van der Waals surface area contributed by atoms with Crippen molar-refractivity contribution >= 4 is 11.6 Å². The van der Waals surface area contributed by atoms with E-state index in [2.05, 4.69) is 30.0 Å². The van der Waals surface area contributed by atoms with Crippen LogP contribution >= 0.6 is 11.6 Å². The summed E-state index contributed by atoms with van der Waals surface area (Å²) >= 11 is 6.22. The van der Waals surface area contributed by atoms with E-state index in [1.807, 2.05) is 0 Å². The normalized spacial score (nSPS) is 25.9. The van der Waals surface area contributed by atoms with Crippen LogP contribution in [0.3, 0.4) is 0 Å².